The van der Waals surface area contributed by atoms with Gasteiger partial charge < -0.3 is 10.2 Å². The number of hydrogen-bond acceptors (Lipinski definition) is 5. The second-order valence-corrected chi connectivity index (χ2v) is 9.77. The third-order valence-corrected chi connectivity index (χ3v) is 6.82. The lowest BCUT2D eigenvalue weighted by Gasteiger charge is -2.35. The summed E-state index contributed by atoms with van der Waals surface area (Å²) in [4.78, 5) is 17.7. The highest BCUT2D eigenvalue weighted by Crippen LogP contribution is 2.37. The largest absolute Gasteiger partial charge is 0.365 e. The first-order valence-electron chi connectivity index (χ1n) is 11.8. The molecule has 1 saturated heterocycles. The molecular formula is C26H40N6. The SMILES string of the molecule is C=NC=NC1=C(CN2CCCC2)CCN(C(=C)C(=C(C)C)/C(C)=C(/N=C)NC2(C)CC2)C1. The van der Waals surface area contributed by atoms with Gasteiger partial charge in [0.25, 0.3) is 0 Å². The van der Waals surface area contributed by atoms with E-state index in [0.717, 1.165) is 54.4 Å². The molecule has 0 amide bonds. The fourth-order valence-corrected chi connectivity index (χ4v) is 4.65. The number of nitrogens with one attached hydrogen (secondary N) is 1. The van der Waals surface area contributed by atoms with Gasteiger partial charge in [-0.25, -0.2) is 9.98 Å². The maximum atomic E-state index is 4.66. The number of aliphatic imine (C=N–C) groups is 3. The molecule has 0 radical (unpaired) electrons. The van der Waals surface area contributed by atoms with Gasteiger partial charge in [-0.3, -0.25) is 9.89 Å². The Morgan fingerprint density at radius 1 is 1.12 bits per heavy atom. The highest BCUT2D eigenvalue weighted by Gasteiger charge is 2.38. The summed E-state index contributed by atoms with van der Waals surface area (Å²) in [6.07, 6.45) is 7.48. The molecule has 0 aromatic heterocycles. The third-order valence-electron chi connectivity index (χ3n) is 6.82. The fraction of sp³-hybridized carbons (Fsp3) is 0.577. The Labute approximate surface area is 194 Å². The van der Waals surface area contributed by atoms with E-state index in [-0.39, 0.29) is 5.54 Å². The third kappa shape index (κ3) is 5.85. The van der Waals surface area contributed by atoms with Crippen LogP contribution >= 0.6 is 0 Å². The normalized spacial score (nSPS) is 21.4. The molecule has 2 heterocycles. The molecule has 1 aliphatic carbocycles. The standard InChI is InChI=1S/C26H40N6/c1-19(2)24(20(3)25(28-7)30-26(5)11-12-26)21(4)32-15-10-22(16-31-13-8-9-14-31)23(17-32)29-18-27-6/h18,30H,4,6-17H2,1-3,5H3/b25-20-,29-18?. The molecule has 2 fully saturated rings. The highest BCUT2D eigenvalue weighted by atomic mass is 15.2. The number of hydrogen-bond donors (Lipinski definition) is 1. The Hall–Kier alpha value is -2.47. The number of nitrogens with zero attached hydrogens (tertiary/aromatic N) is 5. The van der Waals surface area contributed by atoms with Crippen molar-refractivity contribution in [3.05, 3.63) is 46.1 Å². The van der Waals surface area contributed by atoms with Crippen molar-refractivity contribution in [1.29, 1.82) is 0 Å². The quantitative estimate of drug-likeness (QED) is 0.307. The van der Waals surface area contributed by atoms with Gasteiger partial charge in [0.05, 0.1) is 12.2 Å². The van der Waals surface area contributed by atoms with Crippen molar-refractivity contribution in [1.82, 2.24) is 15.1 Å². The first-order valence-corrected chi connectivity index (χ1v) is 11.8. The van der Waals surface area contributed by atoms with Crippen LogP contribution in [0.1, 0.15) is 59.8 Å². The van der Waals surface area contributed by atoms with E-state index in [0.29, 0.717) is 0 Å². The van der Waals surface area contributed by atoms with E-state index in [1.807, 2.05) is 0 Å². The monoisotopic (exact) mass is 436 g/mol. The van der Waals surface area contributed by atoms with Gasteiger partial charge in [0.2, 0.25) is 0 Å². The first-order chi connectivity index (χ1) is 15.3. The zero-order valence-corrected chi connectivity index (χ0v) is 20.5. The average Bonchev–Trinajstić information content (AvgIpc) is 3.27. The lowest BCUT2D eigenvalue weighted by Crippen LogP contribution is -2.35. The molecule has 1 N–H and O–H groups in total. The Bertz CT molecular complexity index is 874. The van der Waals surface area contributed by atoms with Crippen LogP contribution in [0.4, 0.5) is 0 Å². The van der Waals surface area contributed by atoms with E-state index >= 15 is 0 Å². The van der Waals surface area contributed by atoms with Crippen LogP contribution in [0.25, 0.3) is 0 Å². The number of allylic oxidation sites excluding steroid dienone is 2. The van der Waals surface area contributed by atoms with E-state index in [2.05, 4.69) is 77.8 Å². The van der Waals surface area contributed by atoms with Gasteiger partial charge in [-0.2, -0.15) is 0 Å². The van der Waals surface area contributed by atoms with Gasteiger partial charge in [-0.05, 0) is 91.9 Å². The molecule has 3 aliphatic rings. The van der Waals surface area contributed by atoms with Crippen molar-refractivity contribution in [2.75, 3.05) is 32.7 Å². The van der Waals surface area contributed by atoms with Crippen LogP contribution in [0.2, 0.25) is 0 Å². The Morgan fingerprint density at radius 3 is 2.38 bits per heavy atom. The van der Waals surface area contributed by atoms with Gasteiger partial charge >= 0.3 is 0 Å². The average molecular weight is 437 g/mol. The minimum Gasteiger partial charge on any atom is -0.365 e. The molecule has 6 nitrogen and oxygen atoms in total. The summed E-state index contributed by atoms with van der Waals surface area (Å²) in [6.45, 7) is 25.6. The van der Waals surface area contributed by atoms with E-state index in [1.54, 1.807) is 6.34 Å². The zero-order valence-electron chi connectivity index (χ0n) is 20.5. The minimum atomic E-state index is 0.143. The van der Waals surface area contributed by atoms with Crippen molar-refractivity contribution in [3.8, 4) is 0 Å². The molecule has 0 aromatic carbocycles. The van der Waals surface area contributed by atoms with Crippen LogP contribution in [0.5, 0.6) is 0 Å². The molecule has 0 unspecified atom stereocenters. The molecule has 0 aromatic rings. The van der Waals surface area contributed by atoms with Crippen LogP contribution in [0.15, 0.2) is 61.1 Å². The van der Waals surface area contributed by atoms with Crippen molar-refractivity contribution < 1.29 is 0 Å². The minimum absolute atomic E-state index is 0.143. The Balaban J connectivity index is 1.83. The highest BCUT2D eigenvalue weighted by molar-refractivity contribution is 5.63. The summed E-state index contributed by atoms with van der Waals surface area (Å²) in [7, 11) is 0. The Kier molecular flexibility index (Phi) is 7.88. The lowest BCUT2D eigenvalue weighted by atomic mass is 9.96. The lowest BCUT2D eigenvalue weighted by molar-refractivity contribution is 0.325. The molecule has 32 heavy (non-hydrogen) atoms. The second-order valence-electron chi connectivity index (χ2n) is 9.77. The number of rotatable bonds is 10. The first kappa shape index (κ1) is 24.2. The Morgan fingerprint density at radius 2 is 1.81 bits per heavy atom. The van der Waals surface area contributed by atoms with Crippen LogP contribution in [-0.2, 0) is 0 Å². The summed E-state index contributed by atoms with van der Waals surface area (Å²) in [5.74, 6) is 0.860. The van der Waals surface area contributed by atoms with Gasteiger partial charge in [-0.15, -0.1) is 0 Å². The van der Waals surface area contributed by atoms with Gasteiger partial charge in [0.15, 0.2) is 0 Å². The summed E-state index contributed by atoms with van der Waals surface area (Å²) < 4.78 is 0. The van der Waals surface area contributed by atoms with Crippen molar-refractivity contribution in [3.63, 3.8) is 0 Å². The van der Waals surface area contributed by atoms with E-state index in [9.17, 15) is 0 Å². The van der Waals surface area contributed by atoms with E-state index in [4.69, 9.17) is 0 Å². The predicted octanol–water partition coefficient (Wildman–Crippen LogP) is 4.70. The van der Waals surface area contributed by atoms with Crippen LogP contribution in [-0.4, -0.2) is 67.8 Å². The molecule has 6 heteroatoms. The van der Waals surface area contributed by atoms with Crippen LogP contribution < -0.4 is 5.32 Å². The topological polar surface area (TPSA) is 55.6 Å². The smallest absolute Gasteiger partial charge is 0.129 e. The fourth-order valence-electron chi connectivity index (χ4n) is 4.65. The van der Waals surface area contributed by atoms with Crippen molar-refractivity contribution in [2.45, 2.75) is 65.3 Å². The predicted molar refractivity (Wildman–Crippen MR) is 137 cm³/mol. The van der Waals surface area contributed by atoms with Crippen LogP contribution in [0, 0.1) is 0 Å². The van der Waals surface area contributed by atoms with Gasteiger partial charge in [0.1, 0.15) is 12.2 Å². The summed E-state index contributed by atoms with van der Waals surface area (Å²) in [6, 6.07) is 0. The maximum absolute atomic E-state index is 4.66. The van der Waals surface area contributed by atoms with Crippen molar-refractivity contribution >= 4 is 19.8 Å². The van der Waals surface area contributed by atoms with E-state index < -0.39 is 0 Å². The molecule has 0 spiro atoms. The number of likely N-dealkylation sites (tertiary alicyclic amines) is 1. The molecule has 0 atom stereocenters. The van der Waals surface area contributed by atoms with E-state index in [1.165, 1.54) is 49.9 Å². The molecular weight excluding hydrogens is 396 g/mol. The van der Waals surface area contributed by atoms with Gasteiger partial charge in [-0.1, -0.05) is 12.2 Å². The summed E-state index contributed by atoms with van der Waals surface area (Å²) >= 11 is 0. The summed E-state index contributed by atoms with van der Waals surface area (Å²) in [5, 5.41) is 3.59. The maximum Gasteiger partial charge on any atom is 0.129 e. The molecule has 3 rings (SSSR count). The summed E-state index contributed by atoms with van der Waals surface area (Å²) in [5.41, 5.74) is 7.15. The molecule has 174 valence electrons. The van der Waals surface area contributed by atoms with Crippen LogP contribution in [0.3, 0.4) is 0 Å². The zero-order chi connectivity index (χ0) is 23.3. The second kappa shape index (κ2) is 10.4. The molecule has 2 aliphatic heterocycles. The van der Waals surface area contributed by atoms with Gasteiger partial charge in [0, 0.05) is 35.5 Å². The van der Waals surface area contributed by atoms with Crippen molar-refractivity contribution in [2.24, 2.45) is 15.0 Å². The molecule has 1 saturated carbocycles. The molecule has 0 bridgehead atoms.